The van der Waals surface area contributed by atoms with Crippen molar-refractivity contribution in [3.63, 3.8) is 0 Å². The fraction of sp³-hybridized carbons (Fsp3) is 0.417. The Morgan fingerprint density at radius 2 is 2.18 bits per heavy atom. The summed E-state index contributed by atoms with van der Waals surface area (Å²) < 4.78 is 13.8. The Morgan fingerprint density at radius 1 is 1.47 bits per heavy atom. The maximum atomic E-state index is 13.1. The number of carboxylic acid groups (broad SMARTS) is 1. The van der Waals surface area contributed by atoms with Gasteiger partial charge in [-0.05, 0) is 43.0 Å². The van der Waals surface area contributed by atoms with Crippen LogP contribution in [-0.4, -0.2) is 16.6 Å². The molecule has 0 spiro atoms. The summed E-state index contributed by atoms with van der Waals surface area (Å²) in [6.45, 7) is 0.364. The van der Waals surface area contributed by atoms with E-state index in [4.69, 9.17) is 5.11 Å². The molecule has 0 unspecified atom stereocenters. The third-order valence-electron chi connectivity index (χ3n) is 3.17. The number of aliphatic carboxylic acids is 1. The van der Waals surface area contributed by atoms with Crippen LogP contribution in [0.2, 0.25) is 0 Å². The number of hydrogen-bond donors (Lipinski definition) is 2. The van der Waals surface area contributed by atoms with E-state index in [0.717, 1.165) is 12.0 Å². The molecule has 1 aliphatic rings. The minimum atomic E-state index is -0.820. The normalized spacial score (nSPS) is 17.5. The van der Waals surface area contributed by atoms with Gasteiger partial charge in [-0.1, -0.05) is 15.9 Å². The Morgan fingerprint density at radius 3 is 2.65 bits per heavy atom. The first-order chi connectivity index (χ1) is 8.02. The summed E-state index contributed by atoms with van der Waals surface area (Å²) in [7, 11) is 0. The predicted molar refractivity (Wildman–Crippen MR) is 65.2 cm³/mol. The molecule has 0 atom stereocenters. The van der Waals surface area contributed by atoms with E-state index in [-0.39, 0.29) is 5.82 Å². The third kappa shape index (κ3) is 2.66. The highest BCUT2D eigenvalue weighted by Crippen LogP contribution is 2.32. The monoisotopic (exact) mass is 301 g/mol. The van der Waals surface area contributed by atoms with Gasteiger partial charge in [-0.15, -0.1) is 0 Å². The average Bonchev–Trinajstić information content (AvgIpc) is 2.13. The largest absolute Gasteiger partial charge is 0.480 e. The molecule has 1 saturated carbocycles. The summed E-state index contributed by atoms with van der Waals surface area (Å²) >= 11 is 3.21. The van der Waals surface area contributed by atoms with E-state index < -0.39 is 11.5 Å². The molecule has 92 valence electrons. The fourth-order valence-electron chi connectivity index (χ4n) is 1.98. The van der Waals surface area contributed by atoms with E-state index in [2.05, 4.69) is 21.2 Å². The maximum Gasteiger partial charge on any atom is 0.323 e. The topological polar surface area (TPSA) is 49.3 Å². The van der Waals surface area contributed by atoms with Gasteiger partial charge in [-0.3, -0.25) is 10.1 Å². The number of nitrogens with one attached hydrogen (secondary N) is 1. The predicted octanol–water partition coefficient (Wildman–Crippen LogP) is 2.69. The van der Waals surface area contributed by atoms with Crippen LogP contribution in [0.4, 0.5) is 4.39 Å². The number of halogens is 2. The van der Waals surface area contributed by atoms with Crippen LogP contribution in [0.15, 0.2) is 22.7 Å². The van der Waals surface area contributed by atoms with Crippen molar-refractivity contribution in [2.75, 3.05) is 0 Å². The second-order valence-corrected chi connectivity index (χ2v) is 5.29. The van der Waals surface area contributed by atoms with Crippen molar-refractivity contribution in [2.24, 2.45) is 0 Å². The van der Waals surface area contributed by atoms with Gasteiger partial charge >= 0.3 is 5.97 Å². The molecular weight excluding hydrogens is 289 g/mol. The van der Waals surface area contributed by atoms with Gasteiger partial charge in [0.25, 0.3) is 0 Å². The molecule has 0 radical (unpaired) electrons. The average molecular weight is 302 g/mol. The lowest BCUT2D eigenvalue weighted by Crippen LogP contribution is -2.56. The van der Waals surface area contributed by atoms with Crippen molar-refractivity contribution in [2.45, 2.75) is 31.3 Å². The Labute approximate surface area is 107 Å². The zero-order valence-electron chi connectivity index (χ0n) is 9.17. The molecule has 1 aromatic rings. The van der Waals surface area contributed by atoms with Crippen molar-refractivity contribution in [3.8, 4) is 0 Å². The molecule has 17 heavy (non-hydrogen) atoms. The number of hydrogen-bond acceptors (Lipinski definition) is 2. The van der Waals surface area contributed by atoms with E-state index in [0.29, 0.717) is 23.9 Å². The Bertz CT molecular complexity index is 426. The van der Waals surface area contributed by atoms with Crippen LogP contribution in [0.5, 0.6) is 0 Å². The van der Waals surface area contributed by atoms with Crippen LogP contribution in [0.3, 0.4) is 0 Å². The van der Waals surface area contributed by atoms with Gasteiger partial charge in [0.05, 0.1) is 0 Å². The molecule has 2 N–H and O–H groups in total. The second kappa shape index (κ2) is 4.74. The Balaban J connectivity index is 2.04. The minimum Gasteiger partial charge on any atom is -0.480 e. The lowest BCUT2D eigenvalue weighted by atomic mass is 9.76. The first kappa shape index (κ1) is 12.5. The van der Waals surface area contributed by atoms with Crippen LogP contribution in [0.1, 0.15) is 24.8 Å². The van der Waals surface area contributed by atoms with E-state index in [1.54, 1.807) is 6.07 Å². The second-order valence-electron chi connectivity index (χ2n) is 4.37. The molecule has 5 heteroatoms. The quantitative estimate of drug-likeness (QED) is 0.899. The highest BCUT2D eigenvalue weighted by molar-refractivity contribution is 9.10. The van der Waals surface area contributed by atoms with E-state index in [9.17, 15) is 9.18 Å². The molecule has 0 amide bonds. The molecule has 1 aliphatic carbocycles. The lowest BCUT2D eigenvalue weighted by molar-refractivity contribution is -0.148. The van der Waals surface area contributed by atoms with E-state index in [1.807, 2.05) is 0 Å². The zero-order valence-corrected chi connectivity index (χ0v) is 10.8. The number of benzene rings is 1. The van der Waals surface area contributed by atoms with Crippen LogP contribution in [0.25, 0.3) is 0 Å². The smallest absolute Gasteiger partial charge is 0.323 e. The molecule has 3 nitrogen and oxygen atoms in total. The summed E-state index contributed by atoms with van der Waals surface area (Å²) in [5.41, 5.74) is -0.0666. The van der Waals surface area contributed by atoms with Gasteiger partial charge in [0.15, 0.2) is 0 Å². The summed E-state index contributed by atoms with van der Waals surface area (Å²) in [6, 6.07) is 4.57. The number of rotatable bonds is 4. The molecule has 1 aromatic carbocycles. The molecule has 0 aromatic heterocycles. The molecule has 1 fully saturated rings. The highest BCUT2D eigenvalue weighted by Gasteiger charge is 2.43. The Kier molecular flexibility index (Phi) is 3.49. The van der Waals surface area contributed by atoms with Crippen molar-refractivity contribution in [1.82, 2.24) is 5.32 Å². The Hall–Kier alpha value is -0.940. The minimum absolute atomic E-state index is 0.325. The van der Waals surface area contributed by atoms with Gasteiger partial charge in [-0.25, -0.2) is 4.39 Å². The van der Waals surface area contributed by atoms with Crippen molar-refractivity contribution < 1.29 is 14.3 Å². The number of carboxylic acids is 1. The van der Waals surface area contributed by atoms with Gasteiger partial charge in [0.1, 0.15) is 11.4 Å². The molecular formula is C12H13BrFNO2. The van der Waals surface area contributed by atoms with E-state index in [1.165, 1.54) is 12.1 Å². The molecule has 0 bridgehead atoms. The van der Waals surface area contributed by atoms with Gasteiger partial charge in [0, 0.05) is 11.0 Å². The van der Waals surface area contributed by atoms with Gasteiger partial charge < -0.3 is 5.11 Å². The van der Waals surface area contributed by atoms with Gasteiger partial charge in [-0.2, -0.15) is 0 Å². The molecule has 0 aliphatic heterocycles. The van der Waals surface area contributed by atoms with Crippen molar-refractivity contribution >= 4 is 21.9 Å². The van der Waals surface area contributed by atoms with E-state index >= 15 is 0 Å². The lowest BCUT2D eigenvalue weighted by Gasteiger charge is -2.38. The summed E-state index contributed by atoms with van der Waals surface area (Å²) in [5, 5.41) is 12.1. The molecule has 2 rings (SSSR count). The SMILES string of the molecule is O=C(O)C1(NCc2cc(F)cc(Br)c2)CCC1. The molecule has 0 saturated heterocycles. The third-order valence-corrected chi connectivity index (χ3v) is 3.63. The maximum absolute atomic E-state index is 13.1. The van der Waals surface area contributed by atoms with Crippen LogP contribution >= 0.6 is 15.9 Å². The van der Waals surface area contributed by atoms with Gasteiger partial charge in [0.2, 0.25) is 0 Å². The first-order valence-electron chi connectivity index (χ1n) is 5.45. The zero-order chi connectivity index (χ0) is 12.5. The van der Waals surface area contributed by atoms with Crippen molar-refractivity contribution in [1.29, 1.82) is 0 Å². The van der Waals surface area contributed by atoms with Crippen LogP contribution in [0, 0.1) is 5.82 Å². The fourth-order valence-corrected chi connectivity index (χ4v) is 2.49. The van der Waals surface area contributed by atoms with Crippen molar-refractivity contribution in [3.05, 3.63) is 34.1 Å². The summed E-state index contributed by atoms with van der Waals surface area (Å²) in [4.78, 5) is 11.1. The number of carbonyl (C=O) groups is 1. The summed E-state index contributed by atoms with van der Waals surface area (Å²) in [5.74, 6) is -1.15. The summed E-state index contributed by atoms with van der Waals surface area (Å²) in [6.07, 6.45) is 2.20. The molecule has 0 heterocycles. The standard InChI is InChI=1S/C12H13BrFNO2/c13-9-4-8(5-10(14)6-9)7-15-12(11(16)17)2-1-3-12/h4-6,15H,1-3,7H2,(H,16,17). The first-order valence-corrected chi connectivity index (χ1v) is 6.24. The van der Waals surface area contributed by atoms with Crippen LogP contribution < -0.4 is 5.32 Å². The van der Waals surface area contributed by atoms with Crippen LogP contribution in [-0.2, 0) is 11.3 Å². The highest BCUT2D eigenvalue weighted by atomic mass is 79.9.